The van der Waals surface area contributed by atoms with E-state index in [4.69, 9.17) is 0 Å². The molecule has 0 saturated heterocycles. The number of hydrogen-bond donors (Lipinski definition) is 2. The molecule has 0 bridgehead atoms. The van der Waals surface area contributed by atoms with Crippen molar-refractivity contribution in [3.8, 4) is 5.69 Å². The molecule has 2 nitrogen and oxygen atoms in total. The number of nitrogens with zero attached hydrogens (tertiary/aromatic N) is 2. The third-order valence-electron chi connectivity index (χ3n) is 2.73. The molecule has 4 heteroatoms. The third-order valence-corrected chi connectivity index (χ3v) is 3.32. The predicted octanol–water partition coefficient (Wildman–Crippen LogP) is 3.85. The molecule has 0 N–H and O–H groups in total. The van der Waals surface area contributed by atoms with Crippen molar-refractivity contribution in [2.24, 2.45) is 0 Å². The zero-order valence-electron chi connectivity index (χ0n) is 9.91. The molecular formula is C13H16N2S2. The van der Waals surface area contributed by atoms with Crippen molar-refractivity contribution in [2.45, 2.75) is 24.3 Å². The van der Waals surface area contributed by atoms with Gasteiger partial charge >= 0.3 is 0 Å². The molecule has 0 unspecified atom stereocenters. The zero-order chi connectivity index (χ0) is 12.4. The molecule has 17 heavy (non-hydrogen) atoms. The van der Waals surface area contributed by atoms with E-state index in [0.29, 0.717) is 5.92 Å². The van der Waals surface area contributed by atoms with Crippen LogP contribution in [0.4, 0.5) is 0 Å². The molecule has 0 aliphatic rings. The lowest BCUT2D eigenvalue weighted by Crippen LogP contribution is -1.95. The van der Waals surface area contributed by atoms with E-state index in [2.05, 4.69) is 68.5 Å². The lowest BCUT2D eigenvalue weighted by molar-refractivity contribution is 0.853. The van der Waals surface area contributed by atoms with Gasteiger partial charge in [-0.15, -0.1) is 0 Å². The van der Waals surface area contributed by atoms with Crippen molar-refractivity contribution in [1.82, 2.24) is 9.78 Å². The Morgan fingerprint density at radius 2 is 1.71 bits per heavy atom. The summed E-state index contributed by atoms with van der Waals surface area (Å²) in [6.45, 7) is 4.38. The van der Waals surface area contributed by atoms with E-state index in [9.17, 15) is 0 Å². The van der Waals surface area contributed by atoms with Crippen molar-refractivity contribution in [3.63, 3.8) is 0 Å². The molecule has 0 atom stereocenters. The smallest absolute Gasteiger partial charge is 0.0722 e. The van der Waals surface area contributed by atoms with Crippen LogP contribution in [-0.2, 0) is 0 Å². The SMILES string of the molecule is CC(C)c1ccc(-n2cc(C(S)S)cn2)cc1. The Hall–Kier alpha value is -0.870. The van der Waals surface area contributed by atoms with Gasteiger partial charge < -0.3 is 0 Å². The van der Waals surface area contributed by atoms with Crippen LogP contribution in [0.5, 0.6) is 0 Å². The maximum absolute atomic E-state index is 4.30. The van der Waals surface area contributed by atoms with Crippen LogP contribution in [0.2, 0.25) is 0 Å². The minimum atomic E-state index is -0.0845. The Labute approximate surface area is 113 Å². The van der Waals surface area contributed by atoms with Gasteiger partial charge in [-0.25, -0.2) is 4.68 Å². The standard InChI is InChI=1S/C13H16N2S2/c1-9(2)10-3-5-12(6-4-10)15-8-11(7-14-15)13(16)17/h3-9,13,16-17H,1-2H3. The molecular weight excluding hydrogens is 248 g/mol. The van der Waals surface area contributed by atoms with E-state index in [-0.39, 0.29) is 4.58 Å². The summed E-state index contributed by atoms with van der Waals surface area (Å²) in [5, 5.41) is 4.30. The van der Waals surface area contributed by atoms with Gasteiger partial charge in [-0.2, -0.15) is 30.4 Å². The first-order chi connectivity index (χ1) is 8.08. The van der Waals surface area contributed by atoms with E-state index >= 15 is 0 Å². The summed E-state index contributed by atoms with van der Waals surface area (Å²) >= 11 is 8.53. The lowest BCUT2D eigenvalue weighted by atomic mass is 10.0. The van der Waals surface area contributed by atoms with Crippen molar-refractivity contribution < 1.29 is 0 Å². The second kappa shape index (κ2) is 5.19. The van der Waals surface area contributed by atoms with Gasteiger partial charge in [0.2, 0.25) is 0 Å². The molecule has 0 saturated carbocycles. The lowest BCUT2D eigenvalue weighted by Gasteiger charge is -2.06. The summed E-state index contributed by atoms with van der Waals surface area (Å²) in [5.41, 5.74) is 3.40. The Morgan fingerprint density at radius 1 is 1.06 bits per heavy atom. The fourth-order valence-electron chi connectivity index (χ4n) is 1.62. The van der Waals surface area contributed by atoms with Crippen LogP contribution in [0.3, 0.4) is 0 Å². The molecule has 1 aromatic heterocycles. The van der Waals surface area contributed by atoms with E-state index in [1.165, 1.54) is 5.56 Å². The monoisotopic (exact) mass is 264 g/mol. The largest absolute Gasteiger partial charge is 0.241 e. The molecule has 2 aromatic rings. The Balaban J connectivity index is 2.27. The van der Waals surface area contributed by atoms with Gasteiger partial charge in [0.1, 0.15) is 0 Å². The first kappa shape index (κ1) is 12.6. The van der Waals surface area contributed by atoms with Gasteiger partial charge in [0, 0.05) is 11.8 Å². The second-order valence-corrected chi connectivity index (χ2v) is 5.78. The van der Waals surface area contributed by atoms with Crippen molar-refractivity contribution >= 4 is 25.3 Å². The van der Waals surface area contributed by atoms with Crippen molar-refractivity contribution in [3.05, 3.63) is 47.8 Å². The summed E-state index contributed by atoms with van der Waals surface area (Å²) in [5.74, 6) is 0.552. The molecule has 0 radical (unpaired) electrons. The van der Waals surface area contributed by atoms with E-state index in [1.807, 2.05) is 10.9 Å². The first-order valence-corrected chi connectivity index (χ1v) is 6.62. The molecule has 1 heterocycles. The highest BCUT2D eigenvalue weighted by Gasteiger charge is 2.06. The topological polar surface area (TPSA) is 17.8 Å². The van der Waals surface area contributed by atoms with Crippen LogP contribution in [0.15, 0.2) is 36.7 Å². The van der Waals surface area contributed by atoms with Gasteiger partial charge in [-0.05, 0) is 23.6 Å². The van der Waals surface area contributed by atoms with E-state index in [1.54, 1.807) is 6.20 Å². The number of rotatable bonds is 3. The number of aromatic nitrogens is 2. The van der Waals surface area contributed by atoms with Crippen LogP contribution in [0.25, 0.3) is 5.69 Å². The fourth-order valence-corrected chi connectivity index (χ4v) is 1.89. The third kappa shape index (κ3) is 2.87. The summed E-state index contributed by atoms with van der Waals surface area (Å²) in [4.78, 5) is 0. The maximum Gasteiger partial charge on any atom is 0.0722 e. The van der Waals surface area contributed by atoms with Crippen LogP contribution < -0.4 is 0 Å². The van der Waals surface area contributed by atoms with E-state index in [0.717, 1.165) is 11.3 Å². The van der Waals surface area contributed by atoms with Crippen molar-refractivity contribution in [2.75, 3.05) is 0 Å². The molecule has 0 amide bonds. The molecule has 0 spiro atoms. The van der Waals surface area contributed by atoms with Gasteiger partial charge in [0.25, 0.3) is 0 Å². The van der Waals surface area contributed by atoms with Crippen LogP contribution in [0.1, 0.15) is 35.5 Å². The second-order valence-electron chi connectivity index (χ2n) is 4.34. The highest BCUT2D eigenvalue weighted by molar-refractivity contribution is 7.98. The fraction of sp³-hybridized carbons (Fsp3) is 0.308. The van der Waals surface area contributed by atoms with Crippen LogP contribution in [0, 0.1) is 0 Å². The molecule has 2 rings (SSSR count). The average molecular weight is 264 g/mol. The maximum atomic E-state index is 4.30. The van der Waals surface area contributed by atoms with Gasteiger partial charge in [0.05, 0.1) is 16.5 Å². The Morgan fingerprint density at radius 3 is 2.18 bits per heavy atom. The van der Waals surface area contributed by atoms with Gasteiger partial charge in [-0.3, -0.25) is 0 Å². The highest BCUT2D eigenvalue weighted by Crippen LogP contribution is 2.24. The van der Waals surface area contributed by atoms with E-state index < -0.39 is 0 Å². The quantitative estimate of drug-likeness (QED) is 0.636. The highest BCUT2D eigenvalue weighted by atomic mass is 32.2. The molecule has 90 valence electrons. The van der Waals surface area contributed by atoms with Gasteiger partial charge in [0.15, 0.2) is 0 Å². The van der Waals surface area contributed by atoms with Crippen LogP contribution in [-0.4, -0.2) is 9.78 Å². The minimum absolute atomic E-state index is 0.0845. The summed E-state index contributed by atoms with van der Waals surface area (Å²) in [6, 6.07) is 8.44. The first-order valence-electron chi connectivity index (χ1n) is 5.59. The van der Waals surface area contributed by atoms with Gasteiger partial charge in [-0.1, -0.05) is 26.0 Å². The summed E-state index contributed by atoms with van der Waals surface area (Å²) in [6.07, 6.45) is 3.75. The van der Waals surface area contributed by atoms with Crippen LogP contribution >= 0.6 is 25.3 Å². The normalized spacial score (nSPS) is 11.4. The van der Waals surface area contributed by atoms with Crippen molar-refractivity contribution in [1.29, 1.82) is 0 Å². The average Bonchev–Trinajstić information content (AvgIpc) is 2.78. The number of benzene rings is 1. The summed E-state index contributed by atoms with van der Waals surface area (Å²) < 4.78 is 1.76. The molecule has 1 aromatic carbocycles. The molecule has 0 fully saturated rings. The molecule has 0 aliphatic heterocycles. The Bertz CT molecular complexity index is 486. The predicted molar refractivity (Wildman–Crippen MR) is 78.4 cm³/mol. The number of hydrogen-bond acceptors (Lipinski definition) is 3. The molecule has 0 aliphatic carbocycles. The Kier molecular flexibility index (Phi) is 3.84. The summed E-state index contributed by atoms with van der Waals surface area (Å²) in [7, 11) is 0. The minimum Gasteiger partial charge on any atom is -0.241 e. The zero-order valence-corrected chi connectivity index (χ0v) is 11.7. The number of thiol groups is 2.